The molecule has 2 N–H and O–H groups in total. The first-order valence-electron chi connectivity index (χ1n) is 12.4. The van der Waals surface area contributed by atoms with Crippen molar-refractivity contribution in [1.82, 2.24) is 29.3 Å². The van der Waals surface area contributed by atoms with Crippen LogP contribution in [-0.4, -0.2) is 66.2 Å². The van der Waals surface area contributed by atoms with Gasteiger partial charge in [-0.1, -0.05) is 5.16 Å². The number of nitrogens with one attached hydrogen (secondary N) is 1. The molecule has 1 aromatic carbocycles. The third-order valence-electron chi connectivity index (χ3n) is 5.85. The van der Waals surface area contributed by atoms with E-state index in [4.69, 9.17) is 14.0 Å². The molecule has 4 heterocycles. The second kappa shape index (κ2) is 11.3. The monoisotopic (exact) mass is 549 g/mol. The van der Waals surface area contributed by atoms with Crippen molar-refractivity contribution in [3.8, 4) is 22.5 Å². The number of imidazole rings is 1. The number of carbonyl (C=O) groups excluding carboxylic acids is 1. The quantitative estimate of drug-likeness (QED) is 0.236. The highest BCUT2D eigenvalue weighted by atomic mass is 19.1. The number of hydrogen-bond acceptors (Lipinski definition) is 9. The van der Waals surface area contributed by atoms with Gasteiger partial charge in [0.25, 0.3) is 11.8 Å². The second-order valence-electron chi connectivity index (χ2n) is 9.73. The van der Waals surface area contributed by atoms with E-state index in [0.29, 0.717) is 31.0 Å². The number of rotatable bonds is 11. The number of carbonyl (C=O) groups is 1. The van der Waals surface area contributed by atoms with Gasteiger partial charge in [0.1, 0.15) is 23.8 Å². The Kier molecular flexibility index (Phi) is 7.69. The Labute approximate surface area is 228 Å². The van der Waals surface area contributed by atoms with E-state index in [1.165, 1.54) is 24.4 Å². The van der Waals surface area contributed by atoms with Crippen LogP contribution in [0.5, 0.6) is 0 Å². The summed E-state index contributed by atoms with van der Waals surface area (Å²) in [5, 5.41) is 20.9. The molecule has 5 aromatic rings. The lowest BCUT2D eigenvalue weighted by Gasteiger charge is -2.16. The number of anilines is 1. The van der Waals surface area contributed by atoms with Crippen molar-refractivity contribution in [2.24, 2.45) is 0 Å². The molecule has 0 aliphatic carbocycles. The van der Waals surface area contributed by atoms with Gasteiger partial charge in [-0.15, -0.1) is 0 Å². The van der Waals surface area contributed by atoms with Crippen molar-refractivity contribution in [3.63, 3.8) is 0 Å². The third-order valence-corrected chi connectivity index (χ3v) is 5.85. The van der Waals surface area contributed by atoms with E-state index in [-0.39, 0.29) is 29.7 Å². The van der Waals surface area contributed by atoms with Crippen LogP contribution in [0, 0.1) is 5.82 Å². The number of amides is 1. The van der Waals surface area contributed by atoms with Gasteiger partial charge in [0, 0.05) is 36.2 Å². The highest BCUT2D eigenvalue weighted by molar-refractivity contribution is 6.03. The summed E-state index contributed by atoms with van der Waals surface area (Å²) in [6.45, 7) is 4.65. The van der Waals surface area contributed by atoms with Gasteiger partial charge < -0.3 is 24.4 Å². The Bertz CT molecular complexity index is 1640. The highest BCUT2D eigenvalue weighted by Crippen LogP contribution is 2.25. The topological polar surface area (TPSA) is 142 Å². The maximum atomic E-state index is 14.7. The van der Waals surface area contributed by atoms with Crippen LogP contribution in [0.2, 0.25) is 0 Å². The molecule has 0 bridgehead atoms. The van der Waals surface area contributed by atoms with Gasteiger partial charge in [0.2, 0.25) is 5.82 Å². The number of nitrogens with zero attached hydrogens (tertiary/aromatic N) is 6. The predicted molar refractivity (Wildman–Crippen MR) is 142 cm³/mol. The van der Waals surface area contributed by atoms with Crippen molar-refractivity contribution < 1.29 is 28.3 Å². The molecular formula is C27H28FN7O5. The molecule has 0 saturated heterocycles. The normalized spacial score (nSPS) is 11.8. The summed E-state index contributed by atoms with van der Waals surface area (Å²) < 4.78 is 33.5. The minimum atomic E-state index is -0.917. The second-order valence-corrected chi connectivity index (χ2v) is 9.73. The van der Waals surface area contributed by atoms with E-state index in [9.17, 15) is 14.3 Å². The Morgan fingerprint density at radius 3 is 2.75 bits per heavy atom. The van der Waals surface area contributed by atoms with Crippen molar-refractivity contribution in [2.75, 3.05) is 25.6 Å². The van der Waals surface area contributed by atoms with Crippen molar-refractivity contribution in [3.05, 3.63) is 72.5 Å². The summed E-state index contributed by atoms with van der Waals surface area (Å²) in [7, 11) is 1.57. The van der Waals surface area contributed by atoms with Crippen molar-refractivity contribution in [2.45, 2.75) is 32.6 Å². The maximum absolute atomic E-state index is 14.7. The zero-order valence-electron chi connectivity index (χ0n) is 22.2. The number of hydrogen-bond donors (Lipinski definition) is 2. The minimum absolute atomic E-state index is 0.0517. The van der Waals surface area contributed by atoms with Crippen LogP contribution in [0.3, 0.4) is 0 Å². The largest absolute Gasteiger partial charge is 0.389 e. The fourth-order valence-corrected chi connectivity index (χ4v) is 3.99. The molecule has 0 saturated carbocycles. The van der Waals surface area contributed by atoms with Gasteiger partial charge in [-0.3, -0.25) is 13.9 Å². The Morgan fingerprint density at radius 2 is 1.95 bits per heavy atom. The molecule has 0 radical (unpaired) electrons. The SMILES string of the molecule is COCCOCc1nc(-c2ccc(F)c(NC(=O)c3cnc4ccc(-c5cnn(CC(C)(C)O)c5)cn34)c2)no1. The fourth-order valence-electron chi connectivity index (χ4n) is 3.99. The number of aromatic nitrogens is 6. The lowest BCUT2D eigenvalue weighted by Crippen LogP contribution is -2.26. The lowest BCUT2D eigenvalue weighted by molar-refractivity contribution is 0.0494. The Hall–Kier alpha value is -4.46. The van der Waals surface area contributed by atoms with E-state index < -0.39 is 17.3 Å². The lowest BCUT2D eigenvalue weighted by atomic mass is 10.1. The Morgan fingerprint density at radius 1 is 1.12 bits per heavy atom. The molecule has 5 rings (SSSR count). The van der Waals surface area contributed by atoms with Crippen LogP contribution < -0.4 is 5.32 Å². The molecule has 4 aromatic heterocycles. The first-order chi connectivity index (χ1) is 19.2. The van der Waals surface area contributed by atoms with E-state index >= 15 is 0 Å². The Balaban J connectivity index is 1.34. The summed E-state index contributed by atoms with van der Waals surface area (Å²) in [5.41, 5.74) is 1.82. The van der Waals surface area contributed by atoms with Gasteiger partial charge >= 0.3 is 0 Å². The van der Waals surface area contributed by atoms with E-state index in [1.807, 2.05) is 12.3 Å². The van der Waals surface area contributed by atoms with Crippen molar-refractivity contribution >= 4 is 17.2 Å². The van der Waals surface area contributed by atoms with Crippen LogP contribution >= 0.6 is 0 Å². The van der Waals surface area contributed by atoms with Crippen LogP contribution in [0.15, 0.2) is 59.6 Å². The number of pyridine rings is 1. The number of fused-ring (bicyclic) bond motifs is 1. The van der Waals surface area contributed by atoms with Gasteiger partial charge in [0.15, 0.2) is 0 Å². The average Bonchev–Trinajstić information content (AvgIpc) is 3.66. The molecule has 1 amide bonds. The summed E-state index contributed by atoms with van der Waals surface area (Å²) >= 11 is 0. The van der Waals surface area contributed by atoms with Crippen LogP contribution in [-0.2, 0) is 22.6 Å². The summed E-state index contributed by atoms with van der Waals surface area (Å²) in [4.78, 5) is 21.8. The van der Waals surface area contributed by atoms with Gasteiger partial charge in [0.05, 0.1) is 43.4 Å². The van der Waals surface area contributed by atoms with Crippen LogP contribution in [0.25, 0.3) is 28.2 Å². The summed E-state index contributed by atoms with van der Waals surface area (Å²) in [5.74, 6) is -0.699. The minimum Gasteiger partial charge on any atom is -0.389 e. The molecule has 0 atom stereocenters. The molecule has 13 heteroatoms. The standard InChI is InChI=1S/C27H28FN7O5/c1-27(2,37)16-34-13-19(11-30-34)18-5-7-23-29-12-22(35(23)14-18)26(36)31-21-10-17(4-6-20(21)28)25-32-24(40-33-25)15-39-9-8-38-3/h4-7,10-14,37H,8-9,15-16H2,1-3H3,(H,31,36). The molecular weight excluding hydrogens is 521 g/mol. The maximum Gasteiger partial charge on any atom is 0.274 e. The number of ether oxygens (including phenoxy) is 2. The molecule has 0 spiro atoms. The summed E-state index contributed by atoms with van der Waals surface area (Å²) in [6.07, 6.45) is 6.67. The summed E-state index contributed by atoms with van der Waals surface area (Å²) in [6, 6.07) is 7.77. The third kappa shape index (κ3) is 6.22. The zero-order valence-corrected chi connectivity index (χ0v) is 22.2. The molecule has 0 unspecified atom stereocenters. The zero-order chi connectivity index (χ0) is 28.3. The average molecular weight is 550 g/mol. The smallest absolute Gasteiger partial charge is 0.274 e. The molecule has 208 valence electrons. The highest BCUT2D eigenvalue weighted by Gasteiger charge is 2.18. The van der Waals surface area contributed by atoms with E-state index in [1.54, 1.807) is 48.5 Å². The molecule has 0 aliphatic heterocycles. The van der Waals surface area contributed by atoms with E-state index in [2.05, 4.69) is 25.5 Å². The predicted octanol–water partition coefficient (Wildman–Crippen LogP) is 3.57. The first-order valence-corrected chi connectivity index (χ1v) is 12.4. The molecule has 0 aliphatic rings. The molecule has 12 nitrogen and oxygen atoms in total. The van der Waals surface area contributed by atoms with Gasteiger partial charge in [-0.2, -0.15) is 10.1 Å². The number of halogens is 1. The number of aliphatic hydroxyl groups is 1. The van der Waals surface area contributed by atoms with Crippen molar-refractivity contribution in [1.29, 1.82) is 0 Å². The number of benzene rings is 1. The fraction of sp³-hybridized carbons (Fsp3) is 0.296. The van der Waals surface area contributed by atoms with Gasteiger partial charge in [-0.05, 0) is 44.2 Å². The van der Waals surface area contributed by atoms with Crippen LogP contribution in [0.1, 0.15) is 30.2 Å². The molecule has 0 fully saturated rings. The van der Waals surface area contributed by atoms with E-state index in [0.717, 1.165) is 11.1 Å². The first kappa shape index (κ1) is 27.1. The number of methoxy groups -OCH3 is 1. The van der Waals surface area contributed by atoms with Gasteiger partial charge in [-0.25, -0.2) is 9.37 Å². The van der Waals surface area contributed by atoms with Crippen LogP contribution in [0.4, 0.5) is 10.1 Å². The molecule has 40 heavy (non-hydrogen) atoms.